The van der Waals surface area contributed by atoms with Crippen molar-refractivity contribution in [1.82, 2.24) is 10.3 Å². The molecule has 1 heterocycles. The molecule has 0 spiro atoms. The van der Waals surface area contributed by atoms with Gasteiger partial charge in [-0.1, -0.05) is 31.6 Å². The number of hydrogen-bond acceptors (Lipinski definition) is 3. The number of carbonyl (C=O) groups is 1. The van der Waals surface area contributed by atoms with E-state index in [1.807, 2.05) is 6.92 Å². The molecule has 1 atom stereocenters. The summed E-state index contributed by atoms with van der Waals surface area (Å²) in [6.07, 6.45) is 6.27. The van der Waals surface area contributed by atoms with Gasteiger partial charge in [0.1, 0.15) is 6.61 Å². The summed E-state index contributed by atoms with van der Waals surface area (Å²) in [7, 11) is 0. The molecule has 19 heavy (non-hydrogen) atoms. The average molecular weight is 260 g/mol. The number of nitrogens with one attached hydrogen (secondary N) is 1. The number of rotatable bonds is 5. The van der Waals surface area contributed by atoms with Crippen molar-refractivity contribution in [3.8, 4) is 11.8 Å². The van der Waals surface area contributed by atoms with E-state index in [0.29, 0.717) is 11.1 Å². The first kappa shape index (κ1) is 15.2. The predicted molar refractivity (Wildman–Crippen MR) is 74.7 cm³/mol. The fourth-order valence-electron chi connectivity index (χ4n) is 1.71. The van der Waals surface area contributed by atoms with Crippen LogP contribution in [0.1, 0.15) is 49.0 Å². The van der Waals surface area contributed by atoms with Crippen molar-refractivity contribution in [3.05, 3.63) is 29.6 Å². The number of amides is 1. The summed E-state index contributed by atoms with van der Waals surface area (Å²) in [6.45, 7) is 3.89. The maximum absolute atomic E-state index is 12.1. The lowest BCUT2D eigenvalue weighted by Gasteiger charge is -2.13. The van der Waals surface area contributed by atoms with Crippen LogP contribution in [0.2, 0.25) is 0 Å². The number of pyridine rings is 1. The summed E-state index contributed by atoms with van der Waals surface area (Å²) >= 11 is 0. The largest absolute Gasteiger partial charge is 0.384 e. The molecule has 0 aliphatic rings. The van der Waals surface area contributed by atoms with Gasteiger partial charge in [-0.15, -0.1) is 0 Å². The predicted octanol–water partition coefficient (Wildman–Crippen LogP) is 1.73. The van der Waals surface area contributed by atoms with Gasteiger partial charge in [0, 0.05) is 18.4 Å². The lowest BCUT2D eigenvalue weighted by Crippen LogP contribution is -2.33. The van der Waals surface area contributed by atoms with Gasteiger partial charge in [0.15, 0.2) is 0 Å². The van der Waals surface area contributed by atoms with Crippen LogP contribution in [-0.2, 0) is 0 Å². The van der Waals surface area contributed by atoms with Crippen molar-refractivity contribution in [2.75, 3.05) is 6.61 Å². The zero-order chi connectivity index (χ0) is 14.1. The number of carbonyl (C=O) groups excluding carboxylic acids is 1. The van der Waals surface area contributed by atoms with Gasteiger partial charge in [-0.2, -0.15) is 0 Å². The van der Waals surface area contributed by atoms with Crippen molar-refractivity contribution in [2.45, 2.75) is 39.2 Å². The van der Waals surface area contributed by atoms with Gasteiger partial charge < -0.3 is 10.4 Å². The van der Waals surface area contributed by atoms with Crippen LogP contribution in [0.3, 0.4) is 0 Å². The van der Waals surface area contributed by atoms with E-state index in [2.05, 4.69) is 29.1 Å². The zero-order valence-electron chi connectivity index (χ0n) is 11.4. The third-order valence-corrected chi connectivity index (χ3v) is 2.74. The highest BCUT2D eigenvalue weighted by atomic mass is 16.2. The monoisotopic (exact) mass is 260 g/mol. The van der Waals surface area contributed by atoms with Gasteiger partial charge in [-0.25, -0.2) is 0 Å². The van der Waals surface area contributed by atoms with E-state index in [9.17, 15) is 4.79 Å². The molecule has 1 unspecified atom stereocenters. The van der Waals surface area contributed by atoms with E-state index in [0.717, 1.165) is 19.3 Å². The molecule has 4 nitrogen and oxygen atoms in total. The van der Waals surface area contributed by atoms with Gasteiger partial charge in [-0.05, 0) is 19.4 Å². The summed E-state index contributed by atoms with van der Waals surface area (Å²) in [5.41, 5.74) is 1.04. The molecule has 1 aromatic rings. The Morgan fingerprint density at radius 3 is 3.05 bits per heavy atom. The number of aromatic nitrogens is 1. The summed E-state index contributed by atoms with van der Waals surface area (Å²) in [4.78, 5) is 16.1. The van der Waals surface area contributed by atoms with Crippen LogP contribution in [0, 0.1) is 11.8 Å². The lowest BCUT2D eigenvalue weighted by molar-refractivity contribution is 0.0937. The molecular formula is C15H20N2O2. The zero-order valence-corrected chi connectivity index (χ0v) is 11.4. The van der Waals surface area contributed by atoms with Gasteiger partial charge >= 0.3 is 0 Å². The van der Waals surface area contributed by atoms with Crippen LogP contribution >= 0.6 is 0 Å². The summed E-state index contributed by atoms with van der Waals surface area (Å²) in [6, 6.07) is 1.78. The lowest BCUT2D eigenvalue weighted by atomic mass is 10.1. The van der Waals surface area contributed by atoms with Crippen molar-refractivity contribution in [2.24, 2.45) is 0 Å². The Balaban J connectivity index is 2.76. The van der Waals surface area contributed by atoms with Gasteiger partial charge in [0.05, 0.1) is 11.1 Å². The second-order valence-electron chi connectivity index (χ2n) is 4.40. The molecular weight excluding hydrogens is 240 g/mol. The van der Waals surface area contributed by atoms with Crippen molar-refractivity contribution < 1.29 is 9.90 Å². The minimum atomic E-state index is -0.233. The Morgan fingerprint density at radius 2 is 2.37 bits per heavy atom. The van der Waals surface area contributed by atoms with E-state index >= 15 is 0 Å². The standard InChI is InChI=1S/C15H20N2O2/c1-3-4-6-12(2)17-15(19)14-8-9-16-11-13(14)7-5-10-18/h8-9,11-12,18H,3-4,6,10H2,1-2H3,(H,17,19). The number of hydrogen-bond donors (Lipinski definition) is 2. The van der Waals surface area contributed by atoms with Gasteiger partial charge in [0.25, 0.3) is 5.91 Å². The quantitative estimate of drug-likeness (QED) is 0.793. The maximum Gasteiger partial charge on any atom is 0.252 e. The van der Waals surface area contributed by atoms with Crippen LogP contribution in [-0.4, -0.2) is 28.6 Å². The van der Waals surface area contributed by atoms with E-state index in [1.165, 1.54) is 6.20 Å². The van der Waals surface area contributed by atoms with Crippen LogP contribution in [0.25, 0.3) is 0 Å². The molecule has 102 valence electrons. The first-order valence-electron chi connectivity index (χ1n) is 6.53. The van der Waals surface area contributed by atoms with Crippen LogP contribution in [0.5, 0.6) is 0 Å². The number of unbranched alkanes of at least 4 members (excludes halogenated alkanes) is 1. The second-order valence-corrected chi connectivity index (χ2v) is 4.40. The Morgan fingerprint density at radius 1 is 1.58 bits per heavy atom. The molecule has 1 aromatic heterocycles. The Hall–Kier alpha value is -1.86. The molecule has 1 rings (SSSR count). The summed E-state index contributed by atoms with van der Waals surface area (Å²) in [5.74, 6) is 5.12. The van der Waals surface area contributed by atoms with Gasteiger partial charge in [-0.3, -0.25) is 9.78 Å². The summed E-state index contributed by atoms with van der Waals surface area (Å²) < 4.78 is 0. The molecule has 1 amide bonds. The molecule has 0 fully saturated rings. The van der Waals surface area contributed by atoms with Crippen LogP contribution < -0.4 is 5.32 Å². The molecule has 4 heteroatoms. The van der Waals surface area contributed by atoms with Crippen molar-refractivity contribution >= 4 is 5.91 Å². The fraction of sp³-hybridized carbons (Fsp3) is 0.467. The highest BCUT2D eigenvalue weighted by molar-refractivity contribution is 5.96. The van der Waals surface area contributed by atoms with Crippen LogP contribution in [0.4, 0.5) is 0 Å². The van der Waals surface area contributed by atoms with Gasteiger partial charge in [0.2, 0.25) is 0 Å². The topological polar surface area (TPSA) is 62.2 Å². The second kappa shape index (κ2) is 8.28. The third-order valence-electron chi connectivity index (χ3n) is 2.74. The number of aliphatic hydroxyl groups is 1. The fourth-order valence-corrected chi connectivity index (χ4v) is 1.71. The van der Waals surface area contributed by atoms with E-state index in [-0.39, 0.29) is 18.6 Å². The van der Waals surface area contributed by atoms with E-state index in [1.54, 1.807) is 12.3 Å². The molecule has 0 aromatic carbocycles. The van der Waals surface area contributed by atoms with E-state index in [4.69, 9.17) is 5.11 Å². The Bertz CT molecular complexity index is 475. The smallest absolute Gasteiger partial charge is 0.252 e. The van der Waals surface area contributed by atoms with Crippen LogP contribution in [0.15, 0.2) is 18.5 Å². The molecule has 2 N–H and O–H groups in total. The summed E-state index contributed by atoms with van der Waals surface area (Å²) in [5, 5.41) is 11.7. The first-order valence-corrected chi connectivity index (χ1v) is 6.53. The molecule has 0 aliphatic carbocycles. The molecule has 0 bridgehead atoms. The third kappa shape index (κ3) is 5.11. The Labute approximate surface area is 114 Å². The van der Waals surface area contributed by atoms with E-state index < -0.39 is 0 Å². The maximum atomic E-state index is 12.1. The minimum absolute atomic E-state index is 0.138. The SMILES string of the molecule is CCCCC(C)NC(=O)c1ccncc1C#CCO. The van der Waals surface area contributed by atoms with Crippen molar-refractivity contribution in [1.29, 1.82) is 0 Å². The highest BCUT2D eigenvalue weighted by Gasteiger charge is 2.12. The molecule has 0 saturated carbocycles. The Kier molecular flexibility index (Phi) is 6.62. The minimum Gasteiger partial charge on any atom is -0.384 e. The first-order chi connectivity index (χ1) is 9.19. The number of aliphatic hydroxyl groups excluding tert-OH is 1. The normalized spacial score (nSPS) is 11.3. The average Bonchev–Trinajstić information content (AvgIpc) is 2.43. The molecule has 0 saturated heterocycles. The highest BCUT2D eigenvalue weighted by Crippen LogP contribution is 2.07. The number of nitrogens with zero attached hydrogens (tertiary/aromatic N) is 1. The molecule has 0 aliphatic heterocycles. The van der Waals surface area contributed by atoms with Crippen molar-refractivity contribution in [3.63, 3.8) is 0 Å². The molecule has 0 radical (unpaired) electrons.